The molecule has 0 aromatic rings. The second-order valence-electron chi connectivity index (χ2n) is 6.00. The molecule has 0 aliphatic rings. The molecule has 0 radical (unpaired) electrons. The number of hydrogen-bond donors (Lipinski definition) is 0. The van der Waals surface area contributed by atoms with Gasteiger partial charge in [0, 0.05) is 11.5 Å². The summed E-state index contributed by atoms with van der Waals surface area (Å²) in [5, 5.41) is 6.46. The Morgan fingerprint density at radius 1 is 0.706 bits per heavy atom. The fraction of sp³-hybridized carbons (Fsp3) is 0.692. The van der Waals surface area contributed by atoms with E-state index in [4.69, 9.17) is 0 Å². The van der Waals surface area contributed by atoms with Crippen molar-refractivity contribution >= 4 is 39.7 Å². The zero-order valence-corrected chi connectivity index (χ0v) is 15.6. The van der Waals surface area contributed by atoms with Crippen LogP contribution in [-0.4, -0.2) is 27.7 Å². The van der Waals surface area contributed by atoms with Crippen molar-refractivity contribution in [1.82, 2.24) is 0 Å². The Balaban J connectivity index is 3.53. The van der Waals surface area contributed by atoms with Gasteiger partial charge in [0.25, 0.3) is 0 Å². The third-order valence-corrected chi connectivity index (χ3v) is 5.08. The summed E-state index contributed by atoms with van der Waals surface area (Å²) in [6.45, 7) is 13.7. The molecule has 0 fully saturated rings. The van der Waals surface area contributed by atoms with Crippen LogP contribution in [0.25, 0.3) is 0 Å². The van der Waals surface area contributed by atoms with Crippen molar-refractivity contribution in [3.05, 3.63) is 0 Å². The first-order chi connectivity index (χ1) is 7.71. The summed E-state index contributed by atoms with van der Waals surface area (Å²) in [6, 6.07) is 0. The Labute approximate surface area is 118 Å². The van der Waals surface area contributed by atoms with E-state index in [2.05, 4.69) is 60.9 Å². The van der Waals surface area contributed by atoms with E-state index in [0.717, 1.165) is 11.5 Å². The quantitative estimate of drug-likeness (QED) is 0.425. The smallest absolute Gasteiger partial charge is 0.120 e. The van der Waals surface area contributed by atoms with Gasteiger partial charge in [0.2, 0.25) is 0 Å². The lowest BCUT2D eigenvalue weighted by molar-refractivity contribution is 1.13. The molecular formula is C13H24S2Si2. The lowest BCUT2D eigenvalue weighted by Crippen LogP contribution is -2.16. The summed E-state index contributed by atoms with van der Waals surface area (Å²) >= 11 is 3.53. The first-order valence-corrected chi connectivity index (χ1v) is 15.0. The average molecular weight is 301 g/mol. The summed E-state index contributed by atoms with van der Waals surface area (Å²) in [5.41, 5.74) is 6.73. The van der Waals surface area contributed by atoms with Gasteiger partial charge in [-0.25, -0.2) is 0 Å². The summed E-state index contributed by atoms with van der Waals surface area (Å²) < 4.78 is 0. The Hall–Kier alpha value is 0.254. The first-order valence-electron chi connectivity index (χ1n) is 5.99. The normalized spacial score (nSPS) is 11.2. The Morgan fingerprint density at radius 2 is 1.06 bits per heavy atom. The number of hydrogen-bond acceptors (Lipinski definition) is 2. The highest BCUT2D eigenvalue weighted by Gasteiger charge is 2.07. The van der Waals surface area contributed by atoms with Crippen molar-refractivity contribution in [2.75, 3.05) is 11.5 Å². The molecule has 17 heavy (non-hydrogen) atoms. The lowest BCUT2D eigenvalue weighted by atomic mass is 10.6. The lowest BCUT2D eigenvalue weighted by Gasteiger charge is -2.03. The van der Waals surface area contributed by atoms with Crippen LogP contribution in [0.15, 0.2) is 0 Å². The third-order valence-electron chi connectivity index (χ3n) is 1.49. The van der Waals surface area contributed by atoms with E-state index in [1.807, 2.05) is 0 Å². The molecule has 0 nitrogen and oxygen atoms in total. The summed E-state index contributed by atoms with van der Waals surface area (Å²) in [7, 11) is -2.33. The molecule has 0 amide bonds. The largest absolute Gasteiger partial charge is 0.130 e. The van der Waals surface area contributed by atoms with Crippen molar-refractivity contribution in [3.8, 4) is 21.6 Å². The van der Waals surface area contributed by atoms with Gasteiger partial charge < -0.3 is 0 Å². The van der Waals surface area contributed by atoms with Crippen LogP contribution in [0.2, 0.25) is 39.3 Å². The average Bonchev–Trinajstić information content (AvgIpc) is 2.11. The zero-order valence-electron chi connectivity index (χ0n) is 11.9. The minimum atomic E-state index is -1.16. The van der Waals surface area contributed by atoms with Gasteiger partial charge in [-0.05, 0) is 16.9 Å². The van der Waals surface area contributed by atoms with E-state index in [1.165, 1.54) is 6.42 Å². The maximum absolute atomic E-state index is 3.37. The van der Waals surface area contributed by atoms with Crippen LogP contribution < -0.4 is 0 Å². The van der Waals surface area contributed by atoms with Crippen molar-refractivity contribution in [3.63, 3.8) is 0 Å². The minimum Gasteiger partial charge on any atom is -0.120 e. The molecule has 0 rings (SSSR count). The predicted octanol–water partition coefficient (Wildman–Crippen LogP) is 4.52. The molecule has 0 aromatic carbocycles. The summed E-state index contributed by atoms with van der Waals surface area (Å²) in [4.78, 5) is 0. The second kappa shape index (κ2) is 8.37. The van der Waals surface area contributed by atoms with Gasteiger partial charge in [-0.1, -0.05) is 62.8 Å². The van der Waals surface area contributed by atoms with Crippen LogP contribution in [-0.2, 0) is 0 Å². The summed E-state index contributed by atoms with van der Waals surface area (Å²) in [6.07, 6.45) is 1.20. The molecule has 0 aliphatic heterocycles. The van der Waals surface area contributed by atoms with Crippen LogP contribution in [0.1, 0.15) is 6.42 Å². The van der Waals surface area contributed by atoms with Crippen LogP contribution in [0.5, 0.6) is 0 Å². The number of rotatable bonds is 4. The molecule has 0 saturated heterocycles. The van der Waals surface area contributed by atoms with Crippen LogP contribution in [0.4, 0.5) is 0 Å². The fourth-order valence-corrected chi connectivity index (χ4v) is 4.67. The maximum atomic E-state index is 3.37. The van der Waals surface area contributed by atoms with E-state index < -0.39 is 16.1 Å². The molecule has 0 heterocycles. The van der Waals surface area contributed by atoms with E-state index in [-0.39, 0.29) is 0 Å². The topological polar surface area (TPSA) is 0 Å². The van der Waals surface area contributed by atoms with Crippen molar-refractivity contribution < 1.29 is 0 Å². The monoisotopic (exact) mass is 300 g/mol. The van der Waals surface area contributed by atoms with Crippen molar-refractivity contribution in [1.29, 1.82) is 0 Å². The standard InChI is InChI=1S/C13H24S2Si2/c1-16(2,3)12-10-14-8-7-9-15-11-13-17(4,5)6/h7-9H2,1-6H3. The maximum Gasteiger partial charge on any atom is 0.130 e. The zero-order chi connectivity index (χ0) is 13.4. The second-order valence-corrected chi connectivity index (χ2v) is 17.3. The van der Waals surface area contributed by atoms with E-state index in [1.54, 1.807) is 23.5 Å². The third kappa shape index (κ3) is 16.3. The molecule has 4 heteroatoms. The Morgan fingerprint density at radius 3 is 1.35 bits per heavy atom. The van der Waals surface area contributed by atoms with Gasteiger partial charge in [0.15, 0.2) is 0 Å². The van der Waals surface area contributed by atoms with Gasteiger partial charge in [-0.2, -0.15) is 0 Å². The molecular weight excluding hydrogens is 276 g/mol. The van der Waals surface area contributed by atoms with Crippen molar-refractivity contribution in [2.24, 2.45) is 0 Å². The van der Waals surface area contributed by atoms with Gasteiger partial charge in [-0.15, -0.1) is 11.1 Å². The predicted molar refractivity (Wildman–Crippen MR) is 91.8 cm³/mol. The first kappa shape index (κ1) is 17.3. The minimum absolute atomic E-state index is 1.14. The highest BCUT2D eigenvalue weighted by molar-refractivity contribution is 8.04. The Kier molecular flexibility index (Phi) is 8.50. The fourth-order valence-electron chi connectivity index (χ4n) is 0.684. The number of thioether (sulfide) groups is 2. The van der Waals surface area contributed by atoms with Gasteiger partial charge in [0.1, 0.15) is 16.1 Å². The molecule has 0 aromatic heterocycles. The summed E-state index contributed by atoms with van der Waals surface area (Å²) in [5.74, 6) is 2.28. The molecule has 0 atom stereocenters. The van der Waals surface area contributed by atoms with Gasteiger partial charge >= 0.3 is 0 Å². The van der Waals surface area contributed by atoms with Crippen LogP contribution >= 0.6 is 23.5 Å². The molecule has 96 valence electrons. The highest BCUT2D eigenvalue weighted by Crippen LogP contribution is 2.07. The van der Waals surface area contributed by atoms with E-state index in [9.17, 15) is 0 Å². The SMILES string of the molecule is C[Si](C)(C)C#CSCCCSC#C[Si](C)(C)C. The van der Waals surface area contributed by atoms with Gasteiger partial charge in [0.05, 0.1) is 0 Å². The molecule has 0 unspecified atom stereocenters. The molecule has 0 aliphatic carbocycles. The van der Waals surface area contributed by atoms with Crippen LogP contribution in [0.3, 0.4) is 0 Å². The van der Waals surface area contributed by atoms with Gasteiger partial charge in [-0.3, -0.25) is 0 Å². The van der Waals surface area contributed by atoms with Crippen LogP contribution in [0, 0.1) is 21.6 Å². The Bertz CT molecular complexity index is 295. The molecule has 0 saturated carbocycles. The van der Waals surface area contributed by atoms with E-state index >= 15 is 0 Å². The van der Waals surface area contributed by atoms with E-state index in [0.29, 0.717) is 0 Å². The molecule has 0 N–H and O–H groups in total. The molecule has 0 spiro atoms. The molecule has 0 bridgehead atoms. The highest BCUT2D eigenvalue weighted by atomic mass is 32.2. The van der Waals surface area contributed by atoms with Crippen molar-refractivity contribution in [2.45, 2.75) is 45.7 Å².